The third kappa shape index (κ3) is 6.65. The fraction of sp³-hybridized carbons (Fsp3) is 1.00. The third-order valence-corrected chi connectivity index (χ3v) is 4.52. The molecule has 0 aliphatic rings. The Hall–Kier alpha value is 1.96. The molecule has 1 unspecified atom stereocenters. The van der Waals surface area contributed by atoms with Gasteiger partial charge >= 0.3 is 6.00 Å². The Morgan fingerprint density at radius 1 is 1.00 bits per heavy atom. The van der Waals surface area contributed by atoms with Gasteiger partial charge in [-0.05, 0) is 0 Å². The van der Waals surface area contributed by atoms with Crippen LogP contribution in [0, 0.1) is 0 Å². The SMILES string of the molecule is ClC(Cl)C(Cl)C[Si](Cl)(Cl)Cl. The maximum absolute atomic E-state index is 5.62. The van der Waals surface area contributed by atoms with Gasteiger partial charge in [0.25, 0.3) is 0 Å². The summed E-state index contributed by atoms with van der Waals surface area (Å²) in [6.45, 7) is 0. The predicted molar refractivity (Wildman–Crippen MR) is 53.3 cm³/mol. The molecule has 0 aliphatic heterocycles. The minimum Gasteiger partial charge on any atom is -0.126 e. The monoisotopic (exact) mass is 278 g/mol. The normalized spacial score (nSPS) is 15.9. The van der Waals surface area contributed by atoms with E-state index in [0.29, 0.717) is 0 Å². The smallest absolute Gasteiger partial charge is 0.126 e. The number of alkyl halides is 3. The van der Waals surface area contributed by atoms with Crippen molar-refractivity contribution in [1.29, 1.82) is 0 Å². The first kappa shape index (κ1) is 12.0. The van der Waals surface area contributed by atoms with Crippen LogP contribution in [0.2, 0.25) is 6.04 Å². The number of hydrogen-bond acceptors (Lipinski definition) is 0. The lowest BCUT2D eigenvalue weighted by Crippen LogP contribution is -2.20. The van der Waals surface area contributed by atoms with Gasteiger partial charge < -0.3 is 0 Å². The van der Waals surface area contributed by atoms with Crippen molar-refractivity contribution >= 4 is 74.0 Å². The molecule has 0 amide bonds. The van der Waals surface area contributed by atoms with E-state index in [2.05, 4.69) is 0 Å². The first-order valence-electron chi connectivity index (χ1n) is 2.32. The molecule has 0 aliphatic carbocycles. The first-order valence-corrected chi connectivity index (χ1v) is 8.87. The van der Waals surface area contributed by atoms with Crippen LogP contribution in [0.1, 0.15) is 0 Å². The Balaban J connectivity index is 3.68. The first-order chi connectivity index (χ1) is 4.33. The van der Waals surface area contributed by atoms with E-state index >= 15 is 0 Å². The molecule has 7 heteroatoms. The van der Waals surface area contributed by atoms with E-state index in [9.17, 15) is 0 Å². The molecule has 0 spiro atoms. The van der Waals surface area contributed by atoms with E-state index in [1.807, 2.05) is 0 Å². The van der Waals surface area contributed by atoms with Crippen molar-refractivity contribution in [2.45, 2.75) is 16.3 Å². The minimum atomic E-state index is -2.67. The molecule has 0 aromatic carbocycles. The van der Waals surface area contributed by atoms with Gasteiger partial charge in [-0.1, -0.05) is 0 Å². The summed E-state index contributed by atoms with van der Waals surface area (Å²) in [6, 6.07) is -2.39. The molecule has 0 aromatic heterocycles. The summed E-state index contributed by atoms with van der Waals surface area (Å²) in [6.07, 6.45) is 0. The third-order valence-electron chi connectivity index (χ3n) is 0.700. The lowest BCUT2D eigenvalue weighted by Gasteiger charge is -2.13. The average Bonchev–Trinajstić information content (AvgIpc) is 1.60. The summed E-state index contributed by atoms with van der Waals surface area (Å²) in [4.78, 5) is -0.676. The van der Waals surface area contributed by atoms with Gasteiger partial charge in [-0.25, -0.2) is 0 Å². The van der Waals surface area contributed by atoms with E-state index < -0.39 is 16.2 Å². The van der Waals surface area contributed by atoms with Crippen LogP contribution in [0.15, 0.2) is 0 Å². The molecule has 0 N–H and O–H groups in total. The van der Waals surface area contributed by atoms with Gasteiger partial charge in [-0.3, -0.25) is 0 Å². The van der Waals surface area contributed by atoms with Crippen molar-refractivity contribution in [3.63, 3.8) is 0 Å². The molecule has 0 heterocycles. The van der Waals surface area contributed by atoms with Crippen molar-refractivity contribution < 1.29 is 0 Å². The highest BCUT2D eigenvalue weighted by Crippen LogP contribution is 2.31. The quantitative estimate of drug-likeness (QED) is 0.416. The van der Waals surface area contributed by atoms with E-state index in [1.165, 1.54) is 0 Å². The summed E-state index contributed by atoms with van der Waals surface area (Å²) in [5, 5.41) is -0.470. The van der Waals surface area contributed by atoms with Gasteiger partial charge in [0.05, 0.1) is 5.38 Å². The summed E-state index contributed by atoms with van der Waals surface area (Å²) in [7, 11) is 0. The molecule has 62 valence electrons. The molecule has 1 atom stereocenters. The Bertz CT molecular complexity index is 97.7. The Kier molecular flexibility index (Phi) is 5.81. The highest BCUT2D eigenvalue weighted by atomic mass is 35.8. The van der Waals surface area contributed by atoms with Crippen LogP contribution >= 0.6 is 68.0 Å². The standard InChI is InChI=1S/C3H4Cl6Si/c4-2(3(5)6)1-10(7,8)9/h2-3H,1H2. The zero-order valence-electron chi connectivity index (χ0n) is 4.63. The van der Waals surface area contributed by atoms with Crippen molar-refractivity contribution in [2.75, 3.05) is 0 Å². The van der Waals surface area contributed by atoms with E-state index in [0.717, 1.165) is 0 Å². The summed E-state index contributed by atoms with van der Waals surface area (Å²) in [5.41, 5.74) is 0. The lowest BCUT2D eigenvalue weighted by atomic mass is 10.5. The van der Waals surface area contributed by atoms with Gasteiger partial charge in [0, 0.05) is 6.04 Å². The van der Waals surface area contributed by atoms with Gasteiger partial charge in [-0.2, -0.15) is 0 Å². The minimum absolute atomic E-state index is 0.275. The van der Waals surface area contributed by atoms with Crippen molar-refractivity contribution in [1.82, 2.24) is 0 Å². The molecule has 0 saturated heterocycles. The van der Waals surface area contributed by atoms with Crippen molar-refractivity contribution in [3.05, 3.63) is 0 Å². The zero-order valence-corrected chi connectivity index (χ0v) is 10.2. The lowest BCUT2D eigenvalue weighted by molar-refractivity contribution is 1.04. The Morgan fingerprint density at radius 3 is 1.50 bits per heavy atom. The van der Waals surface area contributed by atoms with Gasteiger partial charge in [0.15, 0.2) is 0 Å². The number of hydrogen-bond donors (Lipinski definition) is 0. The average molecular weight is 281 g/mol. The number of rotatable bonds is 3. The summed E-state index contributed by atoms with van der Waals surface area (Å²) >= 11 is 33.1. The zero-order chi connectivity index (χ0) is 8.36. The molecular weight excluding hydrogens is 277 g/mol. The second kappa shape index (κ2) is 4.86. The second-order valence-corrected chi connectivity index (χ2v) is 12.6. The fourth-order valence-electron chi connectivity index (χ4n) is 0.310. The van der Waals surface area contributed by atoms with Crippen molar-refractivity contribution in [2.24, 2.45) is 0 Å². The Morgan fingerprint density at radius 2 is 1.40 bits per heavy atom. The topological polar surface area (TPSA) is 0 Å². The van der Waals surface area contributed by atoms with Crippen LogP contribution in [-0.4, -0.2) is 16.2 Å². The van der Waals surface area contributed by atoms with Gasteiger partial charge in [0.2, 0.25) is 0 Å². The molecule has 0 aromatic rings. The van der Waals surface area contributed by atoms with Crippen LogP contribution in [0.5, 0.6) is 0 Å². The highest BCUT2D eigenvalue weighted by Gasteiger charge is 2.31. The molecule has 10 heavy (non-hydrogen) atoms. The van der Waals surface area contributed by atoms with Crippen molar-refractivity contribution in [3.8, 4) is 0 Å². The second-order valence-electron chi connectivity index (χ2n) is 1.67. The molecule has 0 nitrogen and oxygen atoms in total. The van der Waals surface area contributed by atoms with Gasteiger partial charge in [0.1, 0.15) is 4.84 Å². The molecule has 0 saturated carbocycles. The largest absolute Gasteiger partial charge is 0.342 e. The van der Waals surface area contributed by atoms with E-state index in [-0.39, 0.29) is 6.04 Å². The number of halogens is 6. The van der Waals surface area contributed by atoms with Crippen LogP contribution in [0.3, 0.4) is 0 Å². The maximum Gasteiger partial charge on any atom is 0.342 e. The molecule has 0 radical (unpaired) electrons. The summed E-state index contributed by atoms with van der Waals surface area (Å²) in [5.74, 6) is 0. The van der Waals surface area contributed by atoms with Gasteiger partial charge in [-0.15, -0.1) is 68.0 Å². The fourth-order valence-corrected chi connectivity index (χ4v) is 4.37. The highest BCUT2D eigenvalue weighted by molar-refractivity contribution is 7.64. The van der Waals surface area contributed by atoms with Crippen LogP contribution in [-0.2, 0) is 0 Å². The van der Waals surface area contributed by atoms with Crippen LogP contribution < -0.4 is 0 Å². The van der Waals surface area contributed by atoms with Crippen LogP contribution in [0.25, 0.3) is 0 Å². The Labute approximate surface area is 89.8 Å². The molecule has 0 fully saturated rings. The molecular formula is C3H4Cl6Si. The van der Waals surface area contributed by atoms with Crippen LogP contribution in [0.4, 0.5) is 0 Å². The molecule has 0 bridgehead atoms. The maximum atomic E-state index is 5.62. The molecule has 0 rings (SSSR count). The van der Waals surface area contributed by atoms with E-state index in [1.54, 1.807) is 0 Å². The van der Waals surface area contributed by atoms with E-state index in [4.69, 9.17) is 68.0 Å². The predicted octanol–water partition coefficient (Wildman–Crippen LogP) is 4.05. The summed E-state index contributed by atoms with van der Waals surface area (Å²) < 4.78 is 0.